The fraction of sp³-hybridized carbons (Fsp3) is 0.0833. The van der Waals surface area contributed by atoms with Crippen molar-refractivity contribution in [2.75, 3.05) is 0 Å². The molecule has 0 fully saturated rings. The van der Waals surface area contributed by atoms with Gasteiger partial charge < -0.3 is 9.63 Å². The minimum atomic E-state index is -0.905. The minimum Gasteiger partial charge on any atom is -0.440 e. The molecular formula is C12H10ClN2O2P. The summed E-state index contributed by atoms with van der Waals surface area (Å²) in [4.78, 5) is 7.91. The summed E-state index contributed by atoms with van der Waals surface area (Å²) in [6.45, 7) is 0. The Labute approximate surface area is 111 Å². The van der Waals surface area contributed by atoms with Gasteiger partial charge in [0, 0.05) is 12.4 Å². The van der Waals surface area contributed by atoms with Crippen LogP contribution in [0, 0.1) is 0 Å². The Morgan fingerprint density at radius 1 is 1.22 bits per heavy atom. The third-order valence-corrected chi connectivity index (χ3v) is 2.94. The second kappa shape index (κ2) is 5.91. The molecule has 1 unspecified atom stereocenters. The summed E-state index contributed by atoms with van der Waals surface area (Å²) in [6.07, 6.45) is 5.62. The van der Waals surface area contributed by atoms with Crippen LogP contribution in [0.2, 0.25) is 5.15 Å². The highest BCUT2D eigenvalue weighted by Crippen LogP contribution is 2.26. The van der Waals surface area contributed by atoms with Crippen molar-refractivity contribution < 1.29 is 9.63 Å². The standard InChI is InChI=1S/C12H10ClN2O2P/c1-18-17-9-4-2-8(3-5-9)11(16)10-12(13)15-7-6-14-10/h2-7,11,16H,1H2. The van der Waals surface area contributed by atoms with E-state index in [9.17, 15) is 5.11 Å². The van der Waals surface area contributed by atoms with Crippen molar-refractivity contribution in [3.8, 4) is 5.75 Å². The Kier molecular flexibility index (Phi) is 4.26. The maximum atomic E-state index is 10.2. The van der Waals surface area contributed by atoms with Gasteiger partial charge in [-0.25, -0.2) is 4.98 Å². The average molecular weight is 281 g/mol. The van der Waals surface area contributed by atoms with E-state index >= 15 is 0 Å². The number of hydrogen-bond acceptors (Lipinski definition) is 4. The van der Waals surface area contributed by atoms with E-state index in [1.807, 2.05) is 0 Å². The van der Waals surface area contributed by atoms with Gasteiger partial charge in [-0.05, 0) is 24.0 Å². The van der Waals surface area contributed by atoms with Crippen molar-refractivity contribution in [3.63, 3.8) is 0 Å². The predicted molar refractivity (Wildman–Crippen MR) is 72.2 cm³/mol. The number of aliphatic hydroxyl groups excluding tert-OH is 1. The number of nitrogens with zero attached hydrogens (tertiary/aromatic N) is 2. The zero-order valence-corrected chi connectivity index (χ0v) is 11.0. The topological polar surface area (TPSA) is 55.2 Å². The molecule has 2 aromatic rings. The van der Waals surface area contributed by atoms with Gasteiger partial charge in [0.2, 0.25) is 0 Å². The van der Waals surface area contributed by atoms with Crippen molar-refractivity contribution >= 4 is 26.3 Å². The van der Waals surface area contributed by atoms with Crippen LogP contribution >= 0.6 is 20.0 Å². The molecule has 6 heteroatoms. The molecule has 0 amide bonds. The van der Waals surface area contributed by atoms with Crippen molar-refractivity contribution in [1.29, 1.82) is 0 Å². The van der Waals surface area contributed by atoms with Gasteiger partial charge in [0.25, 0.3) is 0 Å². The molecule has 0 aliphatic heterocycles. The average Bonchev–Trinajstić information content (AvgIpc) is 2.40. The third kappa shape index (κ3) is 2.85. The summed E-state index contributed by atoms with van der Waals surface area (Å²) in [5.74, 6) is 0.688. The largest absolute Gasteiger partial charge is 0.440 e. The zero-order chi connectivity index (χ0) is 13.0. The monoisotopic (exact) mass is 280 g/mol. The summed E-state index contributed by atoms with van der Waals surface area (Å²) < 4.78 is 5.20. The normalized spacial score (nSPS) is 12.3. The van der Waals surface area contributed by atoms with Crippen LogP contribution in [0.5, 0.6) is 5.75 Å². The van der Waals surface area contributed by atoms with Crippen molar-refractivity contribution in [2.24, 2.45) is 0 Å². The molecule has 0 aliphatic carbocycles. The van der Waals surface area contributed by atoms with Gasteiger partial charge in [-0.1, -0.05) is 23.7 Å². The van der Waals surface area contributed by atoms with Crippen LogP contribution in [-0.2, 0) is 0 Å². The first-order valence-corrected chi connectivity index (χ1v) is 6.47. The van der Waals surface area contributed by atoms with Gasteiger partial charge in [0.1, 0.15) is 26.0 Å². The van der Waals surface area contributed by atoms with Gasteiger partial charge in [-0.2, -0.15) is 0 Å². The highest BCUT2D eigenvalue weighted by atomic mass is 35.5. The Hall–Kier alpha value is -1.48. The highest BCUT2D eigenvalue weighted by molar-refractivity contribution is 7.31. The molecule has 0 aliphatic rings. The fourth-order valence-corrected chi connectivity index (χ4v) is 1.94. The molecule has 1 atom stereocenters. The first-order chi connectivity index (χ1) is 8.72. The van der Waals surface area contributed by atoms with Crippen molar-refractivity contribution in [2.45, 2.75) is 6.10 Å². The highest BCUT2D eigenvalue weighted by Gasteiger charge is 2.15. The van der Waals surface area contributed by atoms with Gasteiger partial charge in [0.05, 0.1) is 0 Å². The molecule has 1 aromatic carbocycles. The summed E-state index contributed by atoms with van der Waals surface area (Å²) in [5.41, 5.74) is 1.01. The Balaban J connectivity index is 2.26. The Morgan fingerprint density at radius 2 is 1.89 bits per heavy atom. The number of aromatic nitrogens is 2. The number of aliphatic hydroxyl groups is 1. The minimum absolute atomic E-state index is 0.196. The van der Waals surface area contributed by atoms with Crippen LogP contribution in [0.4, 0.5) is 0 Å². The molecule has 0 saturated heterocycles. The maximum Gasteiger partial charge on any atom is 0.153 e. The van der Waals surface area contributed by atoms with Gasteiger partial charge >= 0.3 is 0 Å². The van der Waals surface area contributed by atoms with E-state index < -0.39 is 6.10 Å². The number of benzene rings is 1. The third-order valence-electron chi connectivity index (χ3n) is 2.30. The Morgan fingerprint density at radius 3 is 2.50 bits per heavy atom. The lowest BCUT2D eigenvalue weighted by atomic mass is 10.1. The molecule has 4 nitrogen and oxygen atoms in total. The van der Waals surface area contributed by atoms with E-state index in [0.29, 0.717) is 25.4 Å². The molecule has 0 bridgehead atoms. The van der Waals surface area contributed by atoms with Gasteiger partial charge in [0.15, 0.2) is 5.15 Å². The number of hydrogen-bond donors (Lipinski definition) is 1. The molecule has 2 rings (SSSR count). The summed E-state index contributed by atoms with van der Waals surface area (Å²) in [5, 5.41) is 10.3. The van der Waals surface area contributed by atoms with E-state index in [2.05, 4.69) is 16.3 Å². The zero-order valence-electron chi connectivity index (χ0n) is 9.32. The van der Waals surface area contributed by atoms with Crippen LogP contribution in [-0.4, -0.2) is 21.4 Å². The fourth-order valence-electron chi connectivity index (χ4n) is 1.46. The molecule has 1 N–H and O–H groups in total. The molecule has 1 aromatic heterocycles. The van der Waals surface area contributed by atoms with Crippen LogP contribution in [0.1, 0.15) is 17.4 Å². The Bertz CT molecular complexity index is 548. The van der Waals surface area contributed by atoms with E-state index in [1.54, 1.807) is 24.3 Å². The lowest BCUT2D eigenvalue weighted by Crippen LogP contribution is -2.03. The quantitative estimate of drug-likeness (QED) is 0.875. The van der Waals surface area contributed by atoms with E-state index in [0.717, 1.165) is 0 Å². The van der Waals surface area contributed by atoms with Crippen LogP contribution in [0.3, 0.4) is 0 Å². The molecule has 92 valence electrons. The SMILES string of the molecule is C=POc1ccc(C(O)c2nccnc2Cl)cc1. The lowest BCUT2D eigenvalue weighted by Gasteiger charge is -2.11. The second-order valence-electron chi connectivity index (χ2n) is 3.42. The van der Waals surface area contributed by atoms with E-state index in [-0.39, 0.29) is 5.15 Å². The van der Waals surface area contributed by atoms with Crippen LogP contribution in [0.25, 0.3) is 0 Å². The lowest BCUT2D eigenvalue weighted by molar-refractivity contribution is 0.215. The maximum absolute atomic E-state index is 10.2. The van der Waals surface area contributed by atoms with Crippen LogP contribution < -0.4 is 4.52 Å². The number of halogens is 1. The molecule has 0 radical (unpaired) electrons. The van der Waals surface area contributed by atoms with E-state index in [4.69, 9.17) is 16.1 Å². The summed E-state index contributed by atoms with van der Waals surface area (Å²) in [7, 11) is 0.577. The number of rotatable bonds is 4. The first-order valence-electron chi connectivity index (χ1n) is 5.10. The van der Waals surface area contributed by atoms with Gasteiger partial charge in [-0.15, -0.1) is 0 Å². The molecule has 1 heterocycles. The van der Waals surface area contributed by atoms with E-state index in [1.165, 1.54) is 12.4 Å². The summed E-state index contributed by atoms with van der Waals surface area (Å²) in [6, 6.07) is 6.99. The van der Waals surface area contributed by atoms with Crippen molar-refractivity contribution in [3.05, 3.63) is 53.1 Å². The van der Waals surface area contributed by atoms with Gasteiger partial charge in [-0.3, -0.25) is 4.98 Å². The molecule has 0 spiro atoms. The predicted octanol–water partition coefficient (Wildman–Crippen LogP) is 2.88. The smallest absolute Gasteiger partial charge is 0.153 e. The van der Waals surface area contributed by atoms with Crippen LogP contribution in [0.15, 0.2) is 36.7 Å². The molecule has 18 heavy (non-hydrogen) atoms. The molecule has 0 saturated carbocycles. The summed E-state index contributed by atoms with van der Waals surface area (Å²) >= 11 is 5.88. The second-order valence-corrected chi connectivity index (χ2v) is 4.22. The molecular weight excluding hydrogens is 271 g/mol. The first kappa shape index (κ1) is 13.0. The van der Waals surface area contributed by atoms with Crippen molar-refractivity contribution in [1.82, 2.24) is 9.97 Å².